The maximum Gasteiger partial charge on any atom is 0.200 e. The van der Waals surface area contributed by atoms with E-state index in [4.69, 9.17) is 5.53 Å². The number of nitrogens with zero attached hydrogens (tertiary/aromatic N) is 5. The minimum atomic E-state index is 0.399. The van der Waals surface area contributed by atoms with Crippen LogP contribution in [0.5, 0.6) is 0 Å². The Hall–Kier alpha value is -1.13. The molecule has 0 saturated heterocycles. The van der Waals surface area contributed by atoms with Crippen LogP contribution in [0.15, 0.2) is 5.11 Å². The number of azide groups is 1. The summed E-state index contributed by atoms with van der Waals surface area (Å²) in [6.45, 7) is 2.05. The Morgan fingerprint density at radius 2 is 2.55 bits per heavy atom. The van der Waals surface area contributed by atoms with Crippen molar-refractivity contribution in [3.63, 3.8) is 0 Å². The largest absolute Gasteiger partial charge is 0.218 e. The van der Waals surface area contributed by atoms with Crippen molar-refractivity contribution in [3.05, 3.63) is 16.3 Å². The quantitative estimate of drug-likeness (QED) is 0.396. The van der Waals surface area contributed by atoms with Crippen molar-refractivity contribution in [2.45, 2.75) is 19.8 Å². The summed E-state index contributed by atoms with van der Waals surface area (Å²) in [6, 6.07) is 0. The standard InChI is InChI=1S/C5H7N5S/c1-2-3-4-7-5(8-10-6)11-9-4/h2-3H2,1H3. The monoisotopic (exact) mass is 169 g/mol. The molecule has 0 radical (unpaired) electrons. The van der Waals surface area contributed by atoms with Crippen LogP contribution in [-0.2, 0) is 6.42 Å². The van der Waals surface area contributed by atoms with Gasteiger partial charge in [0.2, 0.25) is 0 Å². The van der Waals surface area contributed by atoms with E-state index in [2.05, 4.69) is 19.4 Å². The molecule has 1 heterocycles. The zero-order valence-electron chi connectivity index (χ0n) is 6.06. The normalized spacial score (nSPS) is 9.18. The second-order valence-electron chi connectivity index (χ2n) is 1.93. The first-order valence-electron chi connectivity index (χ1n) is 3.24. The fraction of sp³-hybridized carbons (Fsp3) is 0.600. The molecule has 1 aromatic heterocycles. The Kier molecular flexibility index (Phi) is 2.83. The van der Waals surface area contributed by atoms with Gasteiger partial charge in [-0.2, -0.15) is 4.37 Å². The van der Waals surface area contributed by atoms with Gasteiger partial charge in [0.1, 0.15) is 5.82 Å². The van der Waals surface area contributed by atoms with Crippen molar-refractivity contribution in [1.29, 1.82) is 0 Å². The fourth-order valence-corrected chi connectivity index (χ4v) is 1.19. The van der Waals surface area contributed by atoms with Crippen molar-refractivity contribution >= 4 is 16.7 Å². The summed E-state index contributed by atoms with van der Waals surface area (Å²) in [5.41, 5.74) is 8.06. The van der Waals surface area contributed by atoms with Crippen LogP contribution in [0.4, 0.5) is 5.13 Å². The van der Waals surface area contributed by atoms with Crippen LogP contribution in [0.1, 0.15) is 19.2 Å². The molecule has 0 unspecified atom stereocenters. The van der Waals surface area contributed by atoms with Gasteiger partial charge < -0.3 is 0 Å². The highest BCUT2D eigenvalue weighted by atomic mass is 32.1. The molecule has 0 atom stereocenters. The predicted molar refractivity (Wildman–Crippen MR) is 42.7 cm³/mol. The van der Waals surface area contributed by atoms with Crippen molar-refractivity contribution in [1.82, 2.24) is 9.36 Å². The summed E-state index contributed by atoms with van der Waals surface area (Å²) in [5.74, 6) is 0.764. The third-order valence-corrected chi connectivity index (χ3v) is 1.70. The van der Waals surface area contributed by atoms with Gasteiger partial charge in [-0.3, -0.25) is 0 Å². The van der Waals surface area contributed by atoms with Crippen molar-refractivity contribution in [3.8, 4) is 0 Å². The van der Waals surface area contributed by atoms with Gasteiger partial charge in [0, 0.05) is 11.3 Å². The molecule has 1 rings (SSSR count). The minimum absolute atomic E-state index is 0.399. The van der Waals surface area contributed by atoms with Crippen LogP contribution >= 0.6 is 11.5 Å². The molecule has 0 aliphatic rings. The summed E-state index contributed by atoms with van der Waals surface area (Å²) in [6.07, 6.45) is 1.85. The number of aryl methyl sites for hydroxylation is 1. The molecular weight excluding hydrogens is 162 g/mol. The molecule has 0 amide bonds. The Balaban J connectivity index is 2.73. The van der Waals surface area contributed by atoms with E-state index in [0.29, 0.717) is 5.13 Å². The fourth-order valence-electron chi connectivity index (χ4n) is 0.649. The van der Waals surface area contributed by atoms with Gasteiger partial charge in [0.05, 0.1) is 0 Å². The third kappa shape index (κ3) is 2.18. The highest BCUT2D eigenvalue weighted by Crippen LogP contribution is 2.15. The first-order valence-corrected chi connectivity index (χ1v) is 4.02. The number of rotatable bonds is 3. The molecule has 0 fully saturated rings. The maximum absolute atomic E-state index is 8.06. The summed E-state index contributed by atoms with van der Waals surface area (Å²) in [5, 5.41) is 3.73. The Morgan fingerprint density at radius 1 is 1.73 bits per heavy atom. The third-order valence-electron chi connectivity index (χ3n) is 1.06. The highest BCUT2D eigenvalue weighted by molar-refractivity contribution is 7.09. The van der Waals surface area contributed by atoms with Crippen molar-refractivity contribution in [2.75, 3.05) is 0 Å². The Bertz CT molecular complexity index is 274. The van der Waals surface area contributed by atoms with Crippen LogP contribution in [-0.4, -0.2) is 9.36 Å². The van der Waals surface area contributed by atoms with E-state index < -0.39 is 0 Å². The van der Waals surface area contributed by atoms with Crippen molar-refractivity contribution in [2.24, 2.45) is 5.11 Å². The van der Waals surface area contributed by atoms with E-state index in [1.54, 1.807) is 0 Å². The Labute approximate surface area is 67.9 Å². The topological polar surface area (TPSA) is 74.5 Å². The van der Waals surface area contributed by atoms with Gasteiger partial charge in [0.15, 0.2) is 5.13 Å². The summed E-state index contributed by atoms with van der Waals surface area (Å²) >= 11 is 1.13. The van der Waals surface area contributed by atoms with Crippen molar-refractivity contribution < 1.29 is 0 Å². The molecule has 1 aromatic rings. The average molecular weight is 169 g/mol. The summed E-state index contributed by atoms with van der Waals surface area (Å²) < 4.78 is 3.99. The lowest BCUT2D eigenvalue weighted by Crippen LogP contribution is -1.83. The molecule has 0 bridgehead atoms. The second-order valence-corrected chi connectivity index (χ2v) is 2.66. The average Bonchev–Trinajstić information content (AvgIpc) is 2.38. The van der Waals surface area contributed by atoms with Gasteiger partial charge in [-0.1, -0.05) is 6.92 Å². The number of hydrogen-bond donors (Lipinski definition) is 0. The van der Waals surface area contributed by atoms with Gasteiger partial charge in [-0.05, 0) is 28.6 Å². The van der Waals surface area contributed by atoms with Crippen LogP contribution in [0.2, 0.25) is 0 Å². The maximum atomic E-state index is 8.06. The zero-order chi connectivity index (χ0) is 8.10. The minimum Gasteiger partial charge on any atom is -0.218 e. The Morgan fingerprint density at radius 3 is 3.18 bits per heavy atom. The zero-order valence-corrected chi connectivity index (χ0v) is 6.88. The first-order chi connectivity index (χ1) is 5.36. The second kappa shape index (κ2) is 3.90. The molecule has 6 heteroatoms. The molecule has 0 N–H and O–H groups in total. The molecule has 0 saturated carbocycles. The number of aromatic nitrogens is 2. The molecule has 5 nitrogen and oxygen atoms in total. The van der Waals surface area contributed by atoms with Gasteiger partial charge >= 0.3 is 0 Å². The van der Waals surface area contributed by atoms with E-state index in [9.17, 15) is 0 Å². The molecular formula is C5H7N5S. The highest BCUT2D eigenvalue weighted by Gasteiger charge is 1.99. The van der Waals surface area contributed by atoms with E-state index in [-0.39, 0.29) is 0 Å². The molecule has 0 spiro atoms. The van der Waals surface area contributed by atoms with Gasteiger partial charge in [-0.25, -0.2) is 4.98 Å². The lowest BCUT2D eigenvalue weighted by atomic mass is 10.3. The number of hydrogen-bond acceptors (Lipinski definition) is 4. The molecule has 0 aromatic carbocycles. The van der Waals surface area contributed by atoms with Gasteiger partial charge in [-0.15, -0.1) is 0 Å². The summed E-state index contributed by atoms with van der Waals surface area (Å²) in [4.78, 5) is 6.59. The van der Waals surface area contributed by atoms with Crippen LogP contribution in [0.25, 0.3) is 10.4 Å². The molecule has 0 aliphatic heterocycles. The molecule has 0 aliphatic carbocycles. The predicted octanol–water partition coefficient (Wildman–Crippen LogP) is 2.43. The lowest BCUT2D eigenvalue weighted by Gasteiger charge is -1.83. The molecule has 11 heavy (non-hydrogen) atoms. The van der Waals surface area contributed by atoms with Crippen LogP contribution < -0.4 is 0 Å². The van der Waals surface area contributed by atoms with Crippen LogP contribution in [0.3, 0.4) is 0 Å². The first kappa shape index (κ1) is 7.97. The summed E-state index contributed by atoms with van der Waals surface area (Å²) in [7, 11) is 0. The van der Waals surface area contributed by atoms with Gasteiger partial charge in [0.25, 0.3) is 0 Å². The smallest absolute Gasteiger partial charge is 0.200 e. The van der Waals surface area contributed by atoms with E-state index in [0.717, 1.165) is 30.2 Å². The molecule has 58 valence electrons. The SMILES string of the molecule is CCCc1nsc(N=[N+]=[N-])n1. The van der Waals surface area contributed by atoms with E-state index in [1.165, 1.54) is 0 Å². The lowest BCUT2D eigenvalue weighted by molar-refractivity contribution is 0.861. The van der Waals surface area contributed by atoms with E-state index >= 15 is 0 Å². The van der Waals surface area contributed by atoms with Crippen LogP contribution in [0, 0.1) is 0 Å². The van der Waals surface area contributed by atoms with E-state index in [1.807, 2.05) is 6.92 Å².